The summed E-state index contributed by atoms with van der Waals surface area (Å²) < 4.78 is 5.16. The Balaban J connectivity index is 1.89. The Morgan fingerprint density at radius 1 is 1.22 bits per heavy atom. The van der Waals surface area contributed by atoms with Crippen LogP contribution >= 0.6 is 11.8 Å². The number of nitriles is 1. The average molecular weight is 377 g/mol. The summed E-state index contributed by atoms with van der Waals surface area (Å²) in [6.45, 7) is 2.22. The molecule has 136 valence electrons. The first kappa shape index (κ1) is 18.7. The van der Waals surface area contributed by atoms with Crippen molar-refractivity contribution < 1.29 is 9.53 Å². The summed E-state index contributed by atoms with van der Waals surface area (Å²) in [7, 11) is 1.61. The fourth-order valence-electron chi connectivity index (χ4n) is 2.57. The molecule has 6 heteroatoms. The highest BCUT2D eigenvalue weighted by Crippen LogP contribution is 2.28. The van der Waals surface area contributed by atoms with Crippen LogP contribution in [-0.4, -0.2) is 28.3 Å². The summed E-state index contributed by atoms with van der Waals surface area (Å²) in [5, 5.41) is 9.39. The molecule has 2 aromatic rings. The van der Waals surface area contributed by atoms with Gasteiger partial charge in [-0.05, 0) is 36.3 Å². The van der Waals surface area contributed by atoms with Crippen LogP contribution in [0.1, 0.15) is 18.1 Å². The van der Waals surface area contributed by atoms with E-state index in [1.165, 1.54) is 11.8 Å². The summed E-state index contributed by atoms with van der Waals surface area (Å²) in [6, 6.07) is 19.3. The molecule has 0 N–H and O–H groups in total. The van der Waals surface area contributed by atoms with Gasteiger partial charge in [-0.1, -0.05) is 54.2 Å². The van der Waals surface area contributed by atoms with Gasteiger partial charge in [-0.15, -0.1) is 0 Å². The molecule has 1 aliphatic rings. The molecule has 1 heterocycles. The van der Waals surface area contributed by atoms with Gasteiger partial charge in [0, 0.05) is 0 Å². The smallest absolute Gasteiger partial charge is 0.278 e. The van der Waals surface area contributed by atoms with E-state index in [0.29, 0.717) is 17.4 Å². The first-order chi connectivity index (χ1) is 13.1. The lowest BCUT2D eigenvalue weighted by molar-refractivity contribution is -0.122. The SMILES string of the molecule is COc1ccc(/C=C2\N=C(S[C@@H](C)C#N)N(Cc3ccccc3)C2=O)cc1. The van der Waals surface area contributed by atoms with E-state index in [1.807, 2.05) is 54.6 Å². The fourth-order valence-corrected chi connectivity index (χ4v) is 3.36. The van der Waals surface area contributed by atoms with Crippen molar-refractivity contribution in [2.75, 3.05) is 7.11 Å². The maximum absolute atomic E-state index is 12.9. The van der Waals surface area contributed by atoms with E-state index in [2.05, 4.69) is 11.1 Å². The summed E-state index contributed by atoms with van der Waals surface area (Å²) in [4.78, 5) is 19.1. The molecule has 5 nitrogen and oxygen atoms in total. The highest BCUT2D eigenvalue weighted by Gasteiger charge is 2.31. The maximum atomic E-state index is 12.9. The van der Waals surface area contributed by atoms with Crippen LogP contribution in [0.5, 0.6) is 5.75 Å². The van der Waals surface area contributed by atoms with Gasteiger partial charge < -0.3 is 4.74 Å². The van der Waals surface area contributed by atoms with Gasteiger partial charge in [0.25, 0.3) is 5.91 Å². The fraction of sp³-hybridized carbons (Fsp3) is 0.190. The molecule has 3 rings (SSSR count). The van der Waals surface area contributed by atoms with Crippen molar-refractivity contribution in [1.29, 1.82) is 5.26 Å². The van der Waals surface area contributed by atoms with Crippen LogP contribution in [0.2, 0.25) is 0 Å². The Labute approximate surface area is 163 Å². The second-order valence-electron chi connectivity index (χ2n) is 5.96. The van der Waals surface area contributed by atoms with Crippen LogP contribution in [-0.2, 0) is 11.3 Å². The molecule has 0 unspecified atom stereocenters. The number of aliphatic imine (C=N–C) groups is 1. The first-order valence-electron chi connectivity index (χ1n) is 8.47. The molecule has 27 heavy (non-hydrogen) atoms. The second kappa shape index (κ2) is 8.56. The van der Waals surface area contributed by atoms with Gasteiger partial charge in [-0.3, -0.25) is 9.69 Å². The molecule has 2 aromatic carbocycles. The number of amides is 1. The van der Waals surface area contributed by atoms with E-state index in [0.717, 1.165) is 16.9 Å². The zero-order valence-corrected chi connectivity index (χ0v) is 15.9. The van der Waals surface area contributed by atoms with Crippen molar-refractivity contribution in [2.24, 2.45) is 4.99 Å². The predicted molar refractivity (Wildman–Crippen MR) is 108 cm³/mol. The third-order valence-corrected chi connectivity index (χ3v) is 4.96. The largest absolute Gasteiger partial charge is 0.497 e. The number of nitrogens with zero attached hydrogens (tertiary/aromatic N) is 3. The third-order valence-electron chi connectivity index (χ3n) is 3.98. The van der Waals surface area contributed by atoms with Crippen LogP contribution in [0.3, 0.4) is 0 Å². The van der Waals surface area contributed by atoms with E-state index in [-0.39, 0.29) is 11.2 Å². The Morgan fingerprint density at radius 3 is 2.56 bits per heavy atom. The molecule has 0 saturated heterocycles. The van der Waals surface area contributed by atoms with Gasteiger partial charge in [0.15, 0.2) is 5.17 Å². The van der Waals surface area contributed by atoms with E-state index in [1.54, 1.807) is 25.0 Å². The molecule has 0 bridgehead atoms. The van der Waals surface area contributed by atoms with Crippen molar-refractivity contribution >= 4 is 28.9 Å². The van der Waals surface area contributed by atoms with Crippen molar-refractivity contribution in [3.63, 3.8) is 0 Å². The Bertz CT molecular complexity index is 915. The molecular weight excluding hydrogens is 358 g/mol. The summed E-state index contributed by atoms with van der Waals surface area (Å²) in [6.07, 6.45) is 1.75. The van der Waals surface area contributed by atoms with E-state index in [4.69, 9.17) is 10.00 Å². The van der Waals surface area contributed by atoms with E-state index in [9.17, 15) is 4.79 Å². The topological polar surface area (TPSA) is 65.7 Å². The van der Waals surface area contributed by atoms with Crippen molar-refractivity contribution in [1.82, 2.24) is 4.90 Å². The van der Waals surface area contributed by atoms with Crippen LogP contribution in [0.25, 0.3) is 6.08 Å². The molecule has 0 saturated carbocycles. The minimum absolute atomic E-state index is 0.165. The highest BCUT2D eigenvalue weighted by atomic mass is 32.2. The lowest BCUT2D eigenvalue weighted by Crippen LogP contribution is -2.30. The number of methoxy groups -OCH3 is 1. The standard InChI is InChI=1S/C21H19N3O2S/c1-15(13-22)27-21-23-19(12-16-8-10-18(26-2)11-9-16)20(25)24(21)14-17-6-4-3-5-7-17/h3-12,15H,14H2,1-2H3/b19-12-/t15-/m0/s1. The van der Waals surface area contributed by atoms with Crippen LogP contribution < -0.4 is 4.74 Å². The van der Waals surface area contributed by atoms with Gasteiger partial charge in [0.1, 0.15) is 11.4 Å². The Morgan fingerprint density at radius 2 is 1.93 bits per heavy atom. The molecule has 0 aromatic heterocycles. The number of carbonyl (C=O) groups is 1. The minimum Gasteiger partial charge on any atom is -0.497 e. The second-order valence-corrected chi connectivity index (χ2v) is 7.27. The van der Waals surface area contributed by atoms with E-state index >= 15 is 0 Å². The lowest BCUT2D eigenvalue weighted by Gasteiger charge is -2.18. The molecule has 0 spiro atoms. The van der Waals surface area contributed by atoms with Gasteiger partial charge in [-0.2, -0.15) is 5.26 Å². The molecule has 1 aliphatic heterocycles. The zero-order chi connectivity index (χ0) is 19.2. The van der Waals surface area contributed by atoms with E-state index < -0.39 is 0 Å². The molecule has 0 radical (unpaired) electrons. The van der Waals surface area contributed by atoms with Gasteiger partial charge >= 0.3 is 0 Å². The average Bonchev–Trinajstić information content (AvgIpc) is 2.98. The van der Waals surface area contributed by atoms with Gasteiger partial charge in [0.2, 0.25) is 0 Å². The Hall–Kier alpha value is -3.04. The first-order valence-corrected chi connectivity index (χ1v) is 9.35. The predicted octanol–water partition coefficient (Wildman–Crippen LogP) is 4.08. The van der Waals surface area contributed by atoms with Gasteiger partial charge in [0.05, 0.1) is 25.0 Å². The summed E-state index contributed by atoms with van der Waals surface area (Å²) in [5.41, 5.74) is 2.24. The molecule has 1 amide bonds. The van der Waals surface area contributed by atoms with Crippen molar-refractivity contribution in [3.05, 3.63) is 71.4 Å². The number of hydrogen-bond donors (Lipinski definition) is 0. The van der Waals surface area contributed by atoms with Gasteiger partial charge in [-0.25, -0.2) is 4.99 Å². The monoisotopic (exact) mass is 377 g/mol. The molecular formula is C21H19N3O2S. The third kappa shape index (κ3) is 4.57. The van der Waals surface area contributed by atoms with Crippen LogP contribution in [0, 0.1) is 11.3 Å². The number of ether oxygens (including phenoxy) is 1. The zero-order valence-electron chi connectivity index (χ0n) is 15.1. The minimum atomic E-state index is -0.296. The lowest BCUT2D eigenvalue weighted by atomic mass is 10.1. The van der Waals surface area contributed by atoms with Crippen molar-refractivity contribution in [3.8, 4) is 11.8 Å². The highest BCUT2D eigenvalue weighted by molar-refractivity contribution is 8.14. The van der Waals surface area contributed by atoms with Crippen LogP contribution in [0.4, 0.5) is 0 Å². The Kier molecular flexibility index (Phi) is 5.94. The molecule has 0 fully saturated rings. The number of carbonyl (C=O) groups excluding carboxylic acids is 1. The molecule has 0 aliphatic carbocycles. The summed E-state index contributed by atoms with van der Waals surface area (Å²) >= 11 is 1.29. The van der Waals surface area contributed by atoms with Crippen molar-refractivity contribution in [2.45, 2.75) is 18.7 Å². The molecule has 1 atom stereocenters. The normalized spacial score (nSPS) is 16.2. The number of benzene rings is 2. The number of hydrogen-bond acceptors (Lipinski definition) is 5. The number of thioether (sulfide) groups is 1. The van der Waals surface area contributed by atoms with Crippen LogP contribution in [0.15, 0.2) is 65.3 Å². The summed E-state index contributed by atoms with van der Waals surface area (Å²) in [5.74, 6) is 0.588. The number of amidine groups is 1. The maximum Gasteiger partial charge on any atom is 0.278 e. The quantitative estimate of drug-likeness (QED) is 0.737. The number of rotatable bonds is 5.